The maximum atomic E-state index is 3.70. The minimum atomic E-state index is 0.618. The highest BCUT2D eigenvalue weighted by molar-refractivity contribution is 9.09. The van der Waals surface area contributed by atoms with Crippen LogP contribution in [0.15, 0.2) is 30.3 Å². The highest BCUT2D eigenvalue weighted by Crippen LogP contribution is 2.38. The van der Waals surface area contributed by atoms with Crippen molar-refractivity contribution in [3.05, 3.63) is 35.9 Å². The molecule has 0 radical (unpaired) electrons. The van der Waals surface area contributed by atoms with Crippen LogP contribution in [0, 0.1) is 5.41 Å². The van der Waals surface area contributed by atoms with E-state index < -0.39 is 0 Å². The molecule has 1 fully saturated rings. The number of benzene rings is 1. The molecule has 20 heavy (non-hydrogen) atoms. The molecule has 0 aromatic heterocycles. The molecule has 1 aliphatic rings. The Kier molecular flexibility index (Phi) is 6.10. The van der Waals surface area contributed by atoms with Gasteiger partial charge in [0.25, 0.3) is 0 Å². The van der Waals surface area contributed by atoms with Crippen molar-refractivity contribution in [3.8, 4) is 0 Å². The predicted molar refractivity (Wildman–Crippen MR) is 91.7 cm³/mol. The van der Waals surface area contributed by atoms with Crippen molar-refractivity contribution in [2.45, 2.75) is 45.4 Å². The van der Waals surface area contributed by atoms with Gasteiger partial charge in [0, 0.05) is 17.8 Å². The lowest BCUT2D eigenvalue weighted by Crippen LogP contribution is -2.41. The van der Waals surface area contributed by atoms with E-state index in [2.05, 4.69) is 65.0 Å². The van der Waals surface area contributed by atoms with Gasteiger partial charge in [0.15, 0.2) is 0 Å². The molecular formula is C18H28BrN. The molecule has 0 spiro atoms. The lowest BCUT2D eigenvalue weighted by atomic mass is 9.74. The van der Waals surface area contributed by atoms with Crippen molar-refractivity contribution >= 4 is 15.9 Å². The fourth-order valence-corrected chi connectivity index (χ4v) is 4.03. The van der Waals surface area contributed by atoms with Crippen LogP contribution in [0.4, 0.5) is 0 Å². The van der Waals surface area contributed by atoms with Gasteiger partial charge in [-0.25, -0.2) is 0 Å². The summed E-state index contributed by atoms with van der Waals surface area (Å²) in [5.74, 6) is 0.618. The van der Waals surface area contributed by atoms with Crippen molar-refractivity contribution in [2.75, 3.05) is 25.0 Å². The van der Waals surface area contributed by atoms with Crippen molar-refractivity contribution in [3.63, 3.8) is 0 Å². The van der Waals surface area contributed by atoms with E-state index >= 15 is 0 Å². The van der Waals surface area contributed by atoms with Crippen LogP contribution in [0.3, 0.4) is 0 Å². The average molecular weight is 338 g/mol. The Morgan fingerprint density at radius 1 is 1.10 bits per heavy atom. The van der Waals surface area contributed by atoms with Crippen LogP contribution >= 0.6 is 15.9 Å². The number of rotatable bonds is 6. The van der Waals surface area contributed by atoms with Gasteiger partial charge in [-0.3, -0.25) is 0 Å². The van der Waals surface area contributed by atoms with E-state index in [-0.39, 0.29) is 0 Å². The standard InChI is InChI=1S/C18H28BrN/c1-3-18(4-2)10-12-20(13-11-18)15-17(14-19)16-8-6-5-7-9-16/h5-9,17H,3-4,10-15H2,1-2H3. The molecule has 1 aliphatic heterocycles. The molecule has 1 heterocycles. The molecule has 1 atom stereocenters. The van der Waals surface area contributed by atoms with Crippen LogP contribution in [0.2, 0.25) is 0 Å². The minimum absolute atomic E-state index is 0.618. The number of likely N-dealkylation sites (tertiary alicyclic amines) is 1. The van der Waals surface area contributed by atoms with Crippen molar-refractivity contribution < 1.29 is 0 Å². The number of hydrogen-bond acceptors (Lipinski definition) is 1. The highest BCUT2D eigenvalue weighted by Gasteiger charge is 2.31. The topological polar surface area (TPSA) is 3.24 Å². The van der Waals surface area contributed by atoms with Crippen LogP contribution in [0.25, 0.3) is 0 Å². The van der Waals surface area contributed by atoms with Gasteiger partial charge in [-0.15, -0.1) is 0 Å². The third kappa shape index (κ3) is 3.85. The van der Waals surface area contributed by atoms with Crippen LogP contribution in [-0.2, 0) is 0 Å². The van der Waals surface area contributed by atoms with E-state index in [1.54, 1.807) is 0 Å². The first-order valence-corrected chi connectivity index (χ1v) is 9.18. The van der Waals surface area contributed by atoms with Gasteiger partial charge in [0.1, 0.15) is 0 Å². The zero-order chi connectivity index (χ0) is 14.4. The van der Waals surface area contributed by atoms with Crippen LogP contribution < -0.4 is 0 Å². The van der Waals surface area contributed by atoms with E-state index in [1.165, 1.54) is 50.9 Å². The predicted octanol–water partition coefficient (Wildman–Crippen LogP) is 5.07. The fraction of sp³-hybridized carbons (Fsp3) is 0.667. The molecule has 0 saturated carbocycles. The molecule has 1 saturated heterocycles. The average Bonchev–Trinajstić information content (AvgIpc) is 2.54. The van der Waals surface area contributed by atoms with Gasteiger partial charge >= 0.3 is 0 Å². The largest absolute Gasteiger partial charge is 0.303 e. The second kappa shape index (κ2) is 7.61. The first kappa shape index (κ1) is 16.0. The molecule has 1 aromatic rings. The van der Waals surface area contributed by atoms with E-state index in [0.717, 1.165) is 5.33 Å². The molecule has 1 nitrogen and oxygen atoms in total. The Hall–Kier alpha value is -0.340. The van der Waals surface area contributed by atoms with Crippen molar-refractivity contribution in [2.24, 2.45) is 5.41 Å². The second-order valence-corrected chi connectivity index (χ2v) is 6.92. The molecule has 112 valence electrons. The first-order chi connectivity index (χ1) is 9.73. The SMILES string of the molecule is CCC1(CC)CCN(CC(CBr)c2ccccc2)CC1. The Morgan fingerprint density at radius 2 is 1.70 bits per heavy atom. The molecule has 0 bridgehead atoms. The van der Waals surface area contributed by atoms with Crippen molar-refractivity contribution in [1.29, 1.82) is 0 Å². The maximum absolute atomic E-state index is 3.70. The van der Waals surface area contributed by atoms with Crippen LogP contribution in [0.1, 0.15) is 51.0 Å². The van der Waals surface area contributed by atoms with Gasteiger partial charge < -0.3 is 4.90 Å². The summed E-state index contributed by atoms with van der Waals surface area (Å²) in [6.45, 7) is 8.48. The fourth-order valence-electron chi connectivity index (χ4n) is 3.45. The second-order valence-electron chi connectivity index (χ2n) is 6.27. The summed E-state index contributed by atoms with van der Waals surface area (Å²) in [6.07, 6.45) is 5.45. The Morgan fingerprint density at radius 3 is 2.20 bits per heavy atom. The minimum Gasteiger partial charge on any atom is -0.303 e. The summed E-state index contributed by atoms with van der Waals surface area (Å²) in [5, 5.41) is 1.06. The lowest BCUT2D eigenvalue weighted by Gasteiger charge is -2.42. The van der Waals surface area contributed by atoms with Gasteiger partial charge in [0.2, 0.25) is 0 Å². The maximum Gasteiger partial charge on any atom is 0.0112 e. The number of piperidine rings is 1. The van der Waals surface area contributed by atoms with E-state index in [1.807, 2.05) is 0 Å². The van der Waals surface area contributed by atoms with Crippen LogP contribution in [-0.4, -0.2) is 29.9 Å². The third-order valence-electron chi connectivity index (χ3n) is 5.35. The zero-order valence-electron chi connectivity index (χ0n) is 12.9. The summed E-state index contributed by atoms with van der Waals surface area (Å²) in [5.41, 5.74) is 2.10. The molecule has 1 aromatic carbocycles. The number of hydrogen-bond donors (Lipinski definition) is 0. The van der Waals surface area contributed by atoms with E-state index in [0.29, 0.717) is 11.3 Å². The van der Waals surface area contributed by atoms with Crippen LogP contribution in [0.5, 0.6) is 0 Å². The molecule has 0 N–H and O–H groups in total. The van der Waals surface area contributed by atoms with Gasteiger partial charge in [-0.05, 0) is 36.9 Å². The highest BCUT2D eigenvalue weighted by atomic mass is 79.9. The van der Waals surface area contributed by atoms with E-state index in [4.69, 9.17) is 0 Å². The number of alkyl halides is 1. The lowest BCUT2D eigenvalue weighted by molar-refractivity contribution is 0.0926. The molecule has 2 rings (SSSR count). The van der Waals surface area contributed by atoms with Crippen molar-refractivity contribution in [1.82, 2.24) is 4.90 Å². The summed E-state index contributed by atoms with van der Waals surface area (Å²) in [7, 11) is 0. The zero-order valence-corrected chi connectivity index (χ0v) is 14.5. The Bertz CT molecular complexity index is 376. The van der Waals surface area contributed by atoms with Gasteiger partial charge in [0.05, 0.1) is 0 Å². The molecule has 1 unspecified atom stereocenters. The van der Waals surface area contributed by atoms with E-state index in [9.17, 15) is 0 Å². The Balaban J connectivity index is 1.91. The molecule has 0 amide bonds. The smallest absolute Gasteiger partial charge is 0.0112 e. The molecule has 2 heteroatoms. The first-order valence-electron chi connectivity index (χ1n) is 8.06. The molecular weight excluding hydrogens is 310 g/mol. The monoisotopic (exact) mass is 337 g/mol. The van der Waals surface area contributed by atoms with Gasteiger partial charge in [-0.1, -0.05) is 73.0 Å². The normalized spacial score (nSPS) is 20.8. The third-order valence-corrected chi connectivity index (χ3v) is 6.13. The number of halogens is 1. The summed E-state index contributed by atoms with van der Waals surface area (Å²) in [4.78, 5) is 2.67. The summed E-state index contributed by atoms with van der Waals surface area (Å²) >= 11 is 3.70. The summed E-state index contributed by atoms with van der Waals surface area (Å²) < 4.78 is 0. The van der Waals surface area contributed by atoms with Gasteiger partial charge in [-0.2, -0.15) is 0 Å². The number of nitrogens with zero attached hydrogens (tertiary/aromatic N) is 1. The molecule has 0 aliphatic carbocycles. The summed E-state index contributed by atoms with van der Waals surface area (Å²) in [6, 6.07) is 10.9. The Labute approximate surface area is 132 Å². The quantitative estimate of drug-likeness (QED) is 0.655.